The Bertz CT molecular complexity index is 1140. The molecule has 8 nitrogen and oxygen atoms in total. The smallest absolute Gasteiger partial charge is 0.329 e. The summed E-state index contributed by atoms with van der Waals surface area (Å²) in [6.07, 6.45) is 0. The van der Waals surface area contributed by atoms with E-state index >= 15 is 0 Å². The lowest BCUT2D eigenvalue weighted by molar-refractivity contribution is -0.149. The van der Waals surface area contributed by atoms with E-state index in [9.17, 15) is 19.5 Å². The quantitative estimate of drug-likeness (QED) is 0.479. The molecule has 2 heterocycles. The summed E-state index contributed by atoms with van der Waals surface area (Å²) in [7, 11) is 0. The van der Waals surface area contributed by atoms with Gasteiger partial charge in [-0.3, -0.25) is 14.5 Å². The Balaban J connectivity index is 1.52. The van der Waals surface area contributed by atoms with Crippen LogP contribution < -0.4 is 0 Å². The highest BCUT2D eigenvalue weighted by molar-refractivity contribution is 6.31. The third-order valence-electron chi connectivity index (χ3n) is 5.01. The molecule has 30 heavy (non-hydrogen) atoms. The van der Waals surface area contributed by atoms with Gasteiger partial charge >= 0.3 is 5.97 Å². The maximum absolute atomic E-state index is 12.6. The molecule has 0 aliphatic carbocycles. The largest absolute Gasteiger partial charge is 0.456 e. The standard InChI is InChI=1S/C21H18ClN3O5/c1-12(25-19(27)14-4-2-3-5-15(14)20(25)28)21(29)30-11-18-23-16-7-6-13(22)10-17(16)24(18)8-9-26/h2-7,10,12,26H,8-9,11H2,1H3. The summed E-state index contributed by atoms with van der Waals surface area (Å²) in [5, 5.41) is 9.89. The number of imidazole rings is 1. The number of nitrogens with zero attached hydrogens (tertiary/aromatic N) is 3. The number of carbonyl (C=O) groups excluding carboxylic acids is 3. The van der Waals surface area contributed by atoms with E-state index in [1.807, 2.05) is 0 Å². The minimum atomic E-state index is -1.09. The van der Waals surface area contributed by atoms with Crippen molar-refractivity contribution in [2.45, 2.75) is 26.1 Å². The molecule has 1 N–H and O–H groups in total. The van der Waals surface area contributed by atoms with Gasteiger partial charge in [-0.15, -0.1) is 0 Å². The van der Waals surface area contributed by atoms with Crippen LogP contribution in [0.2, 0.25) is 5.02 Å². The van der Waals surface area contributed by atoms with Crippen LogP contribution in [-0.4, -0.2) is 50.0 Å². The average molecular weight is 428 g/mol. The Morgan fingerprint density at radius 1 is 1.17 bits per heavy atom. The number of imide groups is 1. The van der Waals surface area contributed by atoms with Gasteiger partial charge in [0, 0.05) is 11.6 Å². The molecular weight excluding hydrogens is 410 g/mol. The number of halogens is 1. The van der Waals surface area contributed by atoms with E-state index < -0.39 is 23.8 Å². The number of ether oxygens (including phenoxy) is 1. The van der Waals surface area contributed by atoms with Crippen molar-refractivity contribution in [3.63, 3.8) is 0 Å². The molecule has 0 saturated carbocycles. The van der Waals surface area contributed by atoms with Crippen LogP contribution in [0.1, 0.15) is 33.5 Å². The molecule has 2 aromatic carbocycles. The van der Waals surface area contributed by atoms with E-state index in [1.54, 1.807) is 47.0 Å². The number of carbonyl (C=O) groups is 3. The molecule has 1 aromatic heterocycles. The van der Waals surface area contributed by atoms with Gasteiger partial charge in [0.15, 0.2) is 0 Å². The third kappa shape index (κ3) is 3.34. The zero-order valence-corrected chi connectivity index (χ0v) is 16.8. The Labute approximate surface area is 176 Å². The van der Waals surface area contributed by atoms with Gasteiger partial charge in [-0.2, -0.15) is 0 Å². The van der Waals surface area contributed by atoms with Crippen LogP contribution in [0, 0.1) is 0 Å². The lowest BCUT2D eigenvalue weighted by Gasteiger charge is -2.21. The highest BCUT2D eigenvalue weighted by Gasteiger charge is 2.41. The summed E-state index contributed by atoms with van der Waals surface area (Å²) >= 11 is 6.05. The molecule has 0 bridgehead atoms. The number of fused-ring (bicyclic) bond motifs is 2. The van der Waals surface area contributed by atoms with E-state index in [2.05, 4.69) is 4.98 Å². The average Bonchev–Trinajstić information content (AvgIpc) is 3.21. The van der Waals surface area contributed by atoms with Crippen molar-refractivity contribution in [2.24, 2.45) is 0 Å². The summed E-state index contributed by atoms with van der Waals surface area (Å²) in [5.74, 6) is -1.36. The molecule has 3 aromatic rings. The molecule has 154 valence electrons. The second kappa shape index (κ2) is 7.89. The number of hydrogen-bond acceptors (Lipinski definition) is 6. The Morgan fingerprint density at radius 2 is 1.83 bits per heavy atom. The first-order valence-corrected chi connectivity index (χ1v) is 9.69. The van der Waals surface area contributed by atoms with Crippen LogP contribution >= 0.6 is 11.6 Å². The van der Waals surface area contributed by atoms with Crippen molar-refractivity contribution in [3.05, 3.63) is 64.4 Å². The SMILES string of the molecule is CC(C(=O)OCc1nc2ccc(Cl)cc2n1CCO)N1C(=O)c2ccccc2C1=O. The highest BCUT2D eigenvalue weighted by Crippen LogP contribution is 2.25. The lowest BCUT2D eigenvalue weighted by atomic mass is 10.1. The first-order chi connectivity index (χ1) is 14.4. The van der Waals surface area contributed by atoms with E-state index in [0.29, 0.717) is 21.9 Å². The third-order valence-corrected chi connectivity index (χ3v) is 5.25. The van der Waals surface area contributed by atoms with E-state index in [-0.39, 0.29) is 30.9 Å². The second-order valence-electron chi connectivity index (χ2n) is 6.85. The molecule has 0 saturated heterocycles. The number of amides is 2. The number of benzene rings is 2. The monoisotopic (exact) mass is 427 g/mol. The van der Waals surface area contributed by atoms with Crippen molar-refractivity contribution in [3.8, 4) is 0 Å². The lowest BCUT2D eigenvalue weighted by Crippen LogP contribution is -2.43. The fourth-order valence-electron chi connectivity index (χ4n) is 3.53. The van der Waals surface area contributed by atoms with Gasteiger partial charge in [0.1, 0.15) is 18.5 Å². The predicted molar refractivity (Wildman–Crippen MR) is 108 cm³/mol. The first-order valence-electron chi connectivity index (χ1n) is 9.31. The molecule has 0 fully saturated rings. The van der Waals surface area contributed by atoms with Crippen LogP contribution in [0.5, 0.6) is 0 Å². The van der Waals surface area contributed by atoms with Crippen LogP contribution in [0.25, 0.3) is 11.0 Å². The zero-order chi connectivity index (χ0) is 21.4. The number of aliphatic hydroxyl groups excluding tert-OH is 1. The first kappa shape index (κ1) is 20.1. The minimum Gasteiger partial charge on any atom is -0.456 e. The number of aromatic nitrogens is 2. The predicted octanol–water partition coefficient (Wildman–Crippen LogP) is 2.41. The maximum Gasteiger partial charge on any atom is 0.329 e. The number of esters is 1. The van der Waals surface area contributed by atoms with Crippen LogP contribution in [-0.2, 0) is 22.7 Å². The van der Waals surface area contributed by atoms with Crippen LogP contribution in [0.3, 0.4) is 0 Å². The summed E-state index contributed by atoms with van der Waals surface area (Å²) < 4.78 is 7.07. The molecular formula is C21H18ClN3O5. The molecule has 1 unspecified atom stereocenters. The highest BCUT2D eigenvalue weighted by atomic mass is 35.5. The fourth-order valence-corrected chi connectivity index (χ4v) is 3.69. The molecule has 9 heteroatoms. The van der Waals surface area contributed by atoms with Crippen molar-refractivity contribution < 1.29 is 24.2 Å². The number of rotatable bonds is 6. The summed E-state index contributed by atoms with van der Waals surface area (Å²) in [4.78, 5) is 43.1. The Hall–Kier alpha value is -3.23. The molecule has 1 atom stereocenters. The number of aliphatic hydroxyl groups is 1. The normalized spacial score (nSPS) is 14.3. The number of hydrogen-bond donors (Lipinski definition) is 1. The van der Waals surface area contributed by atoms with Crippen molar-refractivity contribution in [1.29, 1.82) is 0 Å². The van der Waals surface area contributed by atoms with Gasteiger partial charge in [0.05, 0.1) is 28.8 Å². The molecule has 0 spiro atoms. The van der Waals surface area contributed by atoms with Crippen LogP contribution in [0.15, 0.2) is 42.5 Å². The summed E-state index contributed by atoms with van der Waals surface area (Å²) in [6.45, 7) is 1.38. The minimum absolute atomic E-state index is 0.135. The van der Waals surface area contributed by atoms with Crippen molar-refractivity contribution >= 4 is 40.4 Å². The van der Waals surface area contributed by atoms with Gasteiger partial charge in [-0.05, 0) is 37.3 Å². The van der Waals surface area contributed by atoms with Gasteiger partial charge in [0.2, 0.25) is 0 Å². The van der Waals surface area contributed by atoms with E-state index in [0.717, 1.165) is 4.90 Å². The summed E-state index contributed by atoms with van der Waals surface area (Å²) in [6, 6.07) is 10.5. The molecule has 0 radical (unpaired) electrons. The molecule has 1 aliphatic heterocycles. The molecule has 1 aliphatic rings. The summed E-state index contributed by atoms with van der Waals surface area (Å²) in [5.41, 5.74) is 1.89. The molecule has 2 amide bonds. The molecule has 4 rings (SSSR count). The zero-order valence-electron chi connectivity index (χ0n) is 16.0. The Morgan fingerprint density at radius 3 is 2.47 bits per heavy atom. The Kier molecular flexibility index (Phi) is 5.27. The van der Waals surface area contributed by atoms with E-state index in [4.69, 9.17) is 16.3 Å². The van der Waals surface area contributed by atoms with Crippen molar-refractivity contribution in [1.82, 2.24) is 14.5 Å². The fraction of sp³-hybridized carbons (Fsp3) is 0.238. The van der Waals surface area contributed by atoms with Gasteiger partial charge < -0.3 is 14.4 Å². The van der Waals surface area contributed by atoms with Crippen LogP contribution in [0.4, 0.5) is 0 Å². The topological polar surface area (TPSA) is 102 Å². The van der Waals surface area contributed by atoms with Gasteiger partial charge in [-0.25, -0.2) is 9.78 Å². The van der Waals surface area contributed by atoms with Gasteiger partial charge in [-0.1, -0.05) is 23.7 Å². The van der Waals surface area contributed by atoms with Crippen molar-refractivity contribution in [2.75, 3.05) is 6.61 Å². The maximum atomic E-state index is 12.6. The van der Waals surface area contributed by atoms with Gasteiger partial charge in [0.25, 0.3) is 11.8 Å². The second-order valence-corrected chi connectivity index (χ2v) is 7.28. The van der Waals surface area contributed by atoms with E-state index in [1.165, 1.54) is 6.92 Å².